The molecule has 0 saturated carbocycles. The van der Waals surface area contributed by atoms with Crippen LogP contribution in [0.5, 0.6) is 0 Å². The first kappa shape index (κ1) is 12.7. The maximum absolute atomic E-state index is 4.52. The third-order valence-electron chi connectivity index (χ3n) is 4.67. The third-order valence-corrected chi connectivity index (χ3v) is 4.67. The Kier molecular flexibility index (Phi) is 3.05. The highest BCUT2D eigenvalue weighted by molar-refractivity contribution is 6.01. The minimum Gasteiger partial charge on any atom is -0.346 e. The molecule has 4 rings (SSSR count). The number of aromatic nitrogens is 4. The van der Waals surface area contributed by atoms with Crippen LogP contribution in [0.3, 0.4) is 0 Å². The molecule has 1 fully saturated rings. The fourth-order valence-corrected chi connectivity index (χ4v) is 3.54. The van der Waals surface area contributed by atoms with Crippen molar-refractivity contribution in [2.45, 2.75) is 32.6 Å². The monoisotopic (exact) mass is 283 g/mol. The number of nitrogens with zero attached hydrogens (tertiary/aromatic N) is 4. The number of nitrogens with one attached hydrogen (secondary N) is 1. The number of hydrogen-bond donors (Lipinski definition) is 1. The van der Waals surface area contributed by atoms with Crippen molar-refractivity contribution in [3.05, 3.63) is 24.8 Å². The van der Waals surface area contributed by atoms with Crippen LogP contribution in [-0.2, 0) is 0 Å². The summed E-state index contributed by atoms with van der Waals surface area (Å²) in [5.74, 6) is 0.898. The Hall–Kier alpha value is -2.04. The van der Waals surface area contributed by atoms with E-state index in [1.807, 2.05) is 18.7 Å². The Balaban J connectivity index is 1.69. The molecule has 1 N–H and O–H groups in total. The Morgan fingerprint density at radius 3 is 2.95 bits per heavy atom. The van der Waals surface area contributed by atoms with Gasteiger partial charge in [0.25, 0.3) is 0 Å². The zero-order valence-corrected chi connectivity index (χ0v) is 12.4. The zero-order chi connectivity index (χ0) is 14.2. The highest BCUT2D eigenvalue weighted by atomic mass is 15.6. The number of rotatable bonds is 3. The van der Waals surface area contributed by atoms with Crippen LogP contribution in [0.25, 0.3) is 22.1 Å². The highest BCUT2D eigenvalue weighted by Gasteiger charge is 2.21. The molecule has 0 amide bonds. The van der Waals surface area contributed by atoms with Crippen molar-refractivity contribution in [3.63, 3.8) is 0 Å². The summed E-state index contributed by atoms with van der Waals surface area (Å²) >= 11 is 0. The van der Waals surface area contributed by atoms with Gasteiger partial charge in [0.15, 0.2) is 0 Å². The Morgan fingerprint density at radius 2 is 2.14 bits per heavy atom. The van der Waals surface area contributed by atoms with Gasteiger partial charge in [-0.1, -0.05) is 19.8 Å². The first-order valence-electron chi connectivity index (χ1n) is 7.91. The molecule has 0 atom stereocenters. The molecule has 0 unspecified atom stereocenters. The largest absolute Gasteiger partial charge is 0.346 e. The number of hydrogen-bond acceptors (Lipinski definition) is 3. The van der Waals surface area contributed by atoms with Crippen molar-refractivity contribution in [3.8, 4) is 0 Å². The predicted molar refractivity (Wildman–Crippen MR) is 85.0 cm³/mol. The minimum absolute atomic E-state index is 0.898. The molecule has 110 valence electrons. The fraction of sp³-hybridized carbons (Fsp3) is 0.500. The van der Waals surface area contributed by atoms with Crippen molar-refractivity contribution in [1.29, 1.82) is 0 Å². The summed E-state index contributed by atoms with van der Waals surface area (Å²) < 4.78 is 2.23. The van der Waals surface area contributed by atoms with E-state index in [0.29, 0.717) is 0 Å². The molecule has 21 heavy (non-hydrogen) atoms. The molecule has 1 saturated heterocycles. The second kappa shape index (κ2) is 5.06. The molecular formula is C16H21N5. The van der Waals surface area contributed by atoms with E-state index in [0.717, 1.165) is 35.6 Å². The van der Waals surface area contributed by atoms with Crippen molar-refractivity contribution in [2.75, 3.05) is 18.1 Å². The average Bonchev–Trinajstić information content (AvgIpc) is 3.14. The normalized spacial score (nSPS) is 17.1. The van der Waals surface area contributed by atoms with E-state index in [-0.39, 0.29) is 0 Å². The number of pyridine rings is 1. The smallest absolute Gasteiger partial charge is 0.139 e. The maximum atomic E-state index is 4.52. The van der Waals surface area contributed by atoms with Crippen LogP contribution < -0.4 is 5.01 Å². The maximum Gasteiger partial charge on any atom is 0.139 e. The van der Waals surface area contributed by atoms with E-state index < -0.39 is 0 Å². The molecule has 0 spiro atoms. The molecular weight excluding hydrogens is 262 g/mol. The Bertz CT molecular complexity index is 748. The van der Waals surface area contributed by atoms with E-state index in [1.165, 1.54) is 31.2 Å². The fourth-order valence-electron chi connectivity index (χ4n) is 3.54. The van der Waals surface area contributed by atoms with Crippen molar-refractivity contribution >= 4 is 22.1 Å². The summed E-state index contributed by atoms with van der Waals surface area (Å²) in [5, 5.41) is 3.58. The van der Waals surface area contributed by atoms with Crippen LogP contribution in [0.1, 0.15) is 32.6 Å². The van der Waals surface area contributed by atoms with E-state index in [9.17, 15) is 0 Å². The molecule has 3 aromatic heterocycles. The Labute approximate surface area is 124 Å². The van der Waals surface area contributed by atoms with Gasteiger partial charge < -0.3 is 9.99 Å². The van der Waals surface area contributed by atoms with Gasteiger partial charge in [0.2, 0.25) is 0 Å². The highest BCUT2D eigenvalue weighted by Crippen LogP contribution is 2.25. The Morgan fingerprint density at radius 1 is 1.29 bits per heavy atom. The number of fused-ring (bicyclic) bond motifs is 3. The van der Waals surface area contributed by atoms with E-state index in [1.54, 1.807) is 0 Å². The topological polar surface area (TPSA) is 49.7 Å². The summed E-state index contributed by atoms with van der Waals surface area (Å²) in [6.45, 7) is 4.51. The summed E-state index contributed by atoms with van der Waals surface area (Å²) in [6, 6.07) is 2.09. The predicted octanol–water partition coefficient (Wildman–Crippen LogP) is 3.06. The first-order chi connectivity index (χ1) is 10.4. The molecule has 0 bridgehead atoms. The molecule has 0 aliphatic carbocycles. The number of piperidine rings is 1. The number of imidazole rings is 1. The lowest BCUT2D eigenvalue weighted by atomic mass is 9.93. The second-order valence-electron chi connectivity index (χ2n) is 6.01. The molecule has 0 aromatic carbocycles. The lowest BCUT2D eigenvalue weighted by Gasteiger charge is -2.34. The van der Waals surface area contributed by atoms with Crippen LogP contribution in [0.2, 0.25) is 0 Å². The van der Waals surface area contributed by atoms with Crippen LogP contribution in [0.15, 0.2) is 24.8 Å². The van der Waals surface area contributed by atoms with Gasteiger partial charge in [-0.25, -0.2) is 14.6 Å². The lowest BCUT2D eigenvalue weighted by molar-refractivity contribution is 0.346. The quantitative estimate of drug-likeness (QED) is 0.803. The standard InChI is InChI=1S/C16H21N5/c1-2-3-12-5-8-20(9-6-12)21-11-19-14-10-18-16-13(15(14)21)4-7-17-16/h4,7,10-12H,2-3,5-6,8-9H2,1H3,(H,17,18). The van der Waals surface area contributed by atoms with Gasteiger partial charge in [-0.15, -0.1) is 0 Å². The van der Waals surface area contributed by atoms with Crippen molar-refractivity contribution in [1.82, 2.24) is 19.6 Å². The zero-order valence-electron chi connectivity index (χ0n) is 12.4. The number of aromatic amines is 1. The molecule has 5 heteroatoms. The van der Waals surface area contributed by atoms with E-state index >= 15 is 0 Å². The molecule has 4 heterocycles. The molecule has 5 nitrogen and oxygen atoms in total. The van der Waals surface area contributed by atoms with Gasteiger partial charge in [0.1, 0.15) is 23.0 Å². The van der Waals surface area contributed by atoms with Gasteiger partial charge in [0, 0.05) is 24.7 Å². The van der Waals surface area contributed by atoms with Crippen LogP contribution in [-0.4, -0.2) is 32.7 Å². The molecule has 0 radical (unpaired) electrons. The van der Waals surface area contributed by atoms with E-state index in [4.69, 9.17) is 0 Å². The van der Waals surface area contributed by atoms with Gasteiger partial charge in [-0.05, 0) is 24.8 Å². The summed E-state index contributed by atoms with van der Waals surface area (Å²) in [7, 11) is 0. The average molecular weight is 283 g/mol. The van der Waals surface area contributed by atoms with Crippen LogP contribution in [0.4, 0.5) is 0 Å². The van der Waals surface area contributed by atoms with Crippen LogP contribution in [0, 0.1) is 5.92 Å². The molecule has 1 aliphatic heterocycles. The SMILES string of the molecule is CCCC1CCN(n2cnc3cnc4[nH]ccc4c32)CC1. The van der Waals surface area contributed by atoms with Gasteiger partial charge in [0.05, 0.1) is 6.20 Å². The van der Waals surface area contributed by atoms with Crippen LogP contribution >= 0.6 is 0 Å². The summed E-state index contributed by atoms with van der Waals surface area (Å²) in [5.41, 5.74) is 3.08. The van der Waals surface area contributed by atoms with Gasteiger partial charge in [-0.3, -0.25) is 0 Å². The molecule has 3 aromatic rings. The van der Waals surface area contributed by atoms with Gasteiger partial charge >= 0.3 is 0 Å². The van der Waals surface area contributed by atoms with Gasteiger partial charge in [-0.2, -0.15) is 0 Å². The molecule has 1 aliphatic rings. The second-order valence-corrected chi connectivity index (χ2v) is 6.01. The van der Waals surface area contributed by atoms with Crippen molar-refractivity contribution < 1.29 is 0 Å². The van der Waals surface area contributed by atoms with Crippen molar-refractivity contribution in [2.24, 2.45) is 5.92 Å². The summed E-state index contributed by atoms with van der Waals surface area (Å²) in [4.78, 5) is 12.1. The lowest BCUT2D eigenvalue weighted by Crippen LogP contribution is -2.41. The number of H-pyrrole nitrogens is 1. The third kappa shape index (κ3) is 2.07. The summed E-state index contributed by atoms with van der Waals surface area (Å²) in [6.07, 6.45) is 11.0. The minimum atomic E-state index is 0.898. The van der Waals surface area contributed by atoms with E-state index in [2.05, 4.69) is 37.6 Å². The first-order valence-corrected chi connectivity index (χ1v) is 7.91.